The van der Waals surface area contributed by atoms with Gasteiger partial charge in [0.2, 0.25) is 5.91 Å². The van der Waals surface area contributed by atoms with Crippen molar-refractivity contribution in [1.82, 2.24) is 9.78 Å². The molecule has 3 rings (SSSR count). The Bertz CT molecular complexity index is 740. The van der Waals surface area contributed by atoms with Crippen molar-refractivity contribution in [1.29, 1.82) is 0 Å². The van der Waals surface area contributed by atoms with E-state index in [9.17, 15) is 4.79 Å². The molecule has 0 aliphatic heterocycles. The van der Waals surface area contributed by atoms with Gasteiger partial charge in [0, 0.05) is 12.1 Å². The topological polar surface area (TPSA) is 73.2 Å². The molecule has 1 N–H and O–H groups in total. The number of rotatable bonds is 5. The number of hydrogen-bond donors (Lipinski definition) is 1. The van der Waals surface area contributed by atoms with Crippen molar-refractivity contribution in [3.8, 4) is 11.5 Å². The van der Waals surface area contributed by atoms with E-state index in [4.69, 9.17) is 8.83 Å². The van der Waals surface area contributed by atoms with Gasteiger partial charge in [0.05, 0.1) is 18.9 Å². The van der Waals surface area contributed by atoms with Gasteiger partial charge in [0.15, 0.2) is 5.76 Å². The van der Waals surface area contributed by atoms with Crippen LogP contribution in [0.1, 0.15) is 25.6 Å². The molecule has 3 heterocycles. The molecule has 0 fully saturated rings. The van der Waals surface area contributed by atoms with Crippen LogP contribution < -0.4 is 5.32 Å². The van der Waals surface area contributed by atoms with Crippen LogP contribution in [0.3, 0.4) is 0 Å². The van der Waals surface area contributed by atoms with Crippen molar-refractivity contribution in [3.05, 3.63) is 48.6 Å². The summed E-state index contributed by atoms with van der Waals surface area (Å²) in [6.07, 6.45) is 3.33. The molecule has 0 atom stereocenters. The number of anilines is 1. The maximum absolute atomic E-state index is 12.1. The summed E-state index contributed by atoms with van der Waals surface area (Å²) in [6.45, 7) is 4.00. The molecule has 0 spiro atoms. The fraction of sp³-hybridized carbons (Fsp3) is 0.250. The van der Waals surface area contributed by atoms with Crippen LogP contribution >= 0.6 is 0 Å². The third-order valence-electron chi connectivity index (χ3n) is 3.18. The van der Waals surface area contributed by atoms with Gasteiger partial charge in [0.25, 0.3) is 0 Å². The molecule has 0 radical (unpaired) electrons. The third kappa shape index (κ3) is 2.95. The first-order chi connectivity index (χ1) is 10.6. The van der Waals surface area contributed by atoms with E-state index in [1.807, 2.05) is 19.9 Å². The highest BCUT2D eigenvalue weighted by Gasteiger charge is 2.16. The molecular weight excluding hydrogens is 282 g/mol. The van der Waals surface area contributed by atoms with Crippen LogP contribution in [0, 0.1) is 0 Å². The van der Waals surface area contributed by atoms with E-state index >= 15 is 0 Å². The summed E-state index contributed by atoms with van der Waals surface area (Å²) in [5.74, 6) is 1.78. The van der Waals surface area contributed by atoms with E-state index < -0.39 is 0 Å². The first kappa shape index (κ1) is 14.2. The van der Waals surface area contributed by atoms with Crippen molar-refractivity contribution >= 4 is 11.7 Å². The van der Waals surface area contributed by atoms with Crippen LogP contribution in [0.25, 0.3) is 11.5 Å². The zero-order valence-corrected chi connectivity index (χ0v) is 12.4. The third-order valence-corrected chi connectivity index (χ3v) is 3.18. The molecule has 0 saturated heterocycles. The molecule has 0 saturated carbocycles. The summed E-state index contributed by atoms with van der Waals surface area (Å²) in [7, 11) is 0. The highest BCUT2D eigenvalue weighted by molar-refractivity contribution is 5.91. The van der Waals surface area contributed by atoms with Gasteiger partial charge in [-0.2, -0.15) is 5.10 Å². The van der Waals surface area contributed by atoms with Gasteiger partial charge in [-0.05, 0) is 38.1 Å². The van der Waals surface area contributed by atoms with Gasteiger partial charge in [-0.1, -0.05) is 0 Å². The van der Waals surface area contributed by atoms with Crippen LogP contribution in [0.2, 0.25) is 0 Å². The number of hydrogen-bond acceptors (Lipinski definition) is 4. The lowest BCUT2D eigenvalue weighted by atomic mass is 10.3. The predicted octanol–water partition coefficient (Wildman–Crippen LogP) is 3.50. The second-order valence-corrected chi connectivity index (χ2v) is 5.23. The van der Waals surface area contributed by atoms with E-state index in [0.717, 1.165) is 0 Å². The van der Waals surface area contributed by atoms with E-state index in [2.05, 4.69) is 10.4 Å². The minimum absolute atomic E-state index is 0.114. The molecule has 0 bridgehead atoms. The fourth-order valence-corrected chi connectivity index (χ4v) is 2.18. The number of carbonyl (C=O) groups excluding carboxylic acids is 1. The van der Waals surface area contributed by atoms with Gasteiger partial charge in [0.1, 0.15) is 17.3 Å². The standard InChI is InChI=1S/C16H17N3O3/c1-11(2)19-15(10-13(18-19)14-6-4-8-22-14)17-16(20)9-12-5-3-7-21-12/h3-8,10-11H,9H2,1-2H3,(H,17,20). The Morgan fingerprint density at radius 3 is 2.68 bits per heavy atom. The van der Waals surface area contributed by atoms with Gasteiger partial charge in [-0.3, -0.25) is 4.79 Å². The van der Waals surface area contributed by atoms with Crippen molar-refractivity contribution in [3.63, 3.8) is 0 Å². The Labute approximate surface area is 127 Å². The predicted molar refractivity (Wildman–Crippen MR) is 81.4 cm³/mol. The zero-order chi connectivity index (χ0) is 15.5. The normalized spacial score (nSPS) is 11.0. The lowest BCUT2D eigenvalue weighted by Gasteiger charge is -2.11. The molecule has 0 aliphatic carbocycles. The Hall–Kier alpha value is -2.76. The Balaban J connectivity index is 1.81. The molecular formula is C16H17N3O3. The van der Waals surface area contributed by atoms with E-state index in [-0.39, 0.29) is 18.4 Å². The minimum atomic E-state index is -0.150. The number of carbonyl (C=O) groups is 1. The maximum atomic E-state index is 12.1. The van der Waals surface area contributed by atoms with Gasteiger partial charge < -0.3 is 14.2 Å². The summed E-state index contributed by atoms with van der Waals surface area (Å²) in [5, 5.41) is 7.36. The number of aromatic nitrogens is 2. The largest absolute Gasteiger partial charge is 0.469 e. The van der Waals surface area contributed by atoms with Crippen LogP contribution in [-0.4, -0.2) is 15.7 Å². The average Bonchev–Trinajstić information content (AvgIpc) is 3.18. The van der Waals surface area contributed by atoms with E-state index in [1.165, 1.54) is 0 Å². The van der Waals surface area contributed by atoms with Gasteiger partial charge >= 0.3 is 0 Å². The van der Waals surface area contributed by atoms with Crippen LogP contribution in [0.5, 0.6) is 0 Å². The summed E-state index contributed by atoms with van der Waals surface area (Å²) >= 11 is 0. The van der Waals surface area contributed by atoms with Gasteiger partial charge in [-0.15, -0.1) is 0 Å². The highest BCUT2D eigenvalue weighted by atomic mass is 16.3. The molecule has 3 aromatic heterocycles. The SMILES string of the molecule is CC(C)n1nc(-c2ccco2)cc1NC(=O)Cc1ccco1. The first-order valence-corrected chi connectivity index (χ1v) is 7.09. The molecule has 0 aliphatic rings. The Kier molecular flexibility index (Phi) is 3.82. The van der Waals surface area contributed by atoms with Crippen molar-refractivity contribution in [2.75, 3.05) is 5.32 Å². The lowest BCUT2D eigenvalue weighted by molar-refractivity contribution is -0.115. The maximum Gasteiger partial charge on any atom is 0.233 e. The molecule has 6 nitrogen and oxygen atoms in total. The number of nitrogens with one attached hydrogen (secondary N) is 1. The Morgan fingerprint density at radius 2 is 2.05 bits per heavy atom. The molecule has 6 heteroatoms. The van der Waals surface area contributed by atoms with Crippen molar-refractivity contribution in [2.45, 2.75) is 26.3 Å². The summed E-state index contributed by atoms with van der Waals surface area (Å²) in [5.41, 5.74) is 0.687. The van der Waals surface area contributed by atoms with E-state index in [0.29, 0.717) is 23.0 Å². The van der Waals surface area contributed by atoms with Gasteiger partial charge in [-0.25, -0.2) is 4.68 Å². The molecule has 3 aromatic rings. The smallest absolute Gasteiger partial charge is 0.233 e. The zero-order valence-electron chi connectivity index (χ0n) is 12.4. The van der Waals surface area contributed by atoms with Crippen LogP contribution in [-0.2, 0) is 11.2 Å². The van der Waals surface area contributed by atoms with Crippen molar-refractivity contribution < 1.29 is 13.6 Å². The van der Waals surface area contributed by atoms with Crippen LogP contribution in [0.4, 0.5) is 5.82 Å². The molecule has 0 unspecified atom stereocenters. The van der Waals surface area contributed by atoms with E-state index in [1.54, 1.807) is 41.5 Å². The monoisotopic (exact) mass is 299 g/mol. The average molecular weight is 299 g/mol. The van der Waals surface area contributed by atoms with Crippen LogP contribution in [0.15, 0.2) is 51.7 Å². The number of nitrogens with zero attached hydrogens (tertiary/aromatic N) is 2. The fourth-order valence-electron chi connectivity index (χ4n) is 2.18. The van der Waals surface area contributed by atoms with Crippen molar-refractivity contribution in [2.24, 2.45) is 0 Å². The molecule has 22 heavy (non-hydrogen) atoms. The number of furan rings is 2. The summed E-state index contributed by atoms with van der Waals surface area (Å²) in [4.78, 5) is 12.1. The minimum Gasteiger partial charge on any atom is -0.469 e. The first-order valence-electron chi connectivity index (χ1n) is 7.09. The second kappa shape index (κ2) is 5.93. The lowest BCUT2D eigenvalue weighted by Crippen LogP contribution is -2.18. The quantitative estimate of drug-likeness (QED) is 0.782. The molecule has 114 valence electrons. The highest BCUT2D eigenvalue weighted by Crippen LogP contribution is 2.25. The number of amides is 1. The second-order valence-electron chi connectivity index (χ2n) is 5.23. The summed E-state index contributed by atoms with van der Waals surface area (Å²) in [6, 6.07) is 9.09. The molecule has 1 amide bonds. The Morgan fingerprint density at radius 1 is 1.27 bits per heavy atom. The molecule has 0 aromatic carbocycles. The summed E-state index contributed by atoms with van der Waals surface area (Å²) < 4.78 is 12.3.